The van der Waals surface area contributed by atoms with Crippen LogP contribution in [-0.4, -0.2) is 22.5 Å². The Morgan fingerprint density at radius 1 is 1.27 bits per heavy atom. The highest BCUT2D eigenvalue weighted by Gasteiger charge is 2.21. The van der Waals surface area contributed by atoms with Crippen LogP contribution < -0.4 is 5.73 Å². The molecule has 0 aliphatic heterocycles. The Bertz CT molecular complexity index is 843. The number of nitrogens with zero attached hydrogens (tertiary/aromatic N) is 2. The van der Waals surface area contributed by atoms with Gasteiger partial charge in [0.1, 0.15) is 9.71 Å². The van der Waals surface area contributed by atoms with Crippen LogP contribution in [0.1, 0.15) is 22.3 Å². The predicted molar refractivity (Wildman–Crippen MR) is 88.0 cm³/mol. The second kappa shape index (κ2) is 5.73. The van der Waals surface area contributed by atoms with Crippen molar-refractivity contribution < 1.29 is 9.53 Å². The smallest absolute Gasteiger partial charge is 0.350 e. The lowest BCUT2D eigenvalue weighted by molar-refractivity contribution is 0.0533. The Balaban J connectivity index is 2.17. The molecule has 0 aliphatic rings. The number of carbonyl (C=O) groups excluding carboxylic acids is 1. The highest BCUT2D eigenvalue weighted by Crippen LogP contribution is 2.35. The summed E-state index contributed by atoms with van der Waals surface area (Å²) >= 11 is 1.24. The molecule has 5 nitrogen and oxygen atoms in total. The van der Waals surface area contributed by atoms with E-state index in [0.717, 1.165) is 16.6 Å². The first-order valence-corrected chi connectivity index (χ1v) is 7.72. The minimum atomic E-state index is -0.413. The van der Waals surface area contributed by atoms with Gasteiger partial charge in [0, 0.05) is 5.56 Å². The Morgan fingerprint density at radius 2 is 2.00 bits per heavy atom. The van der Waals surface area contributed by atoms with Crippen molar-refractivity contribution in [3.63, 3.8) is 0 Å². The second-order valence-electron chi connectivity index (χ2n) is 4.74. The minimum absolute atomic E-state index is 0.312. The van der Waals surface area contributed by atoms with Crippen molar-refractivity contribution in [1.29, 1.82) is 0 Å². The highest BCUT2D eigenvalue weighted by molar-refractivity contribution is 7.21. The summed E-state index contributed by atoms with van der Waals surface area (Å²) in [7, 11) is 0. The summed E-state index contributed by atoms with van der Waals surface area (Å²) in [5, 5.41) is 0.729. The molecule has 2 N–H and O–H groups in total. The third kappa shape index (κ3) is 2.42. The number of aryl methyl sites for hydroxylation is 1. The van der Waals surface area contributed by atoms with Crippen LogP contribution in [-0.2, 0) is 4.74 Å². The largest absolute Gasteiger partial charge is 0.462 e. The van der Waals surface area contributed by atoms with E-state index in [1.807, 2.05) is 37.3 Å². The lowest BCUT2D eigenvalue weighted by Crippen LogP contribution is -2.05. The standard InChI is InChI=1S/C16H15N3O2S/c1-3-21-16(20)13-12(17)11-9(2)18-14(19-15(11)22-13)10-7-5-4-6-8-10/h4-8H,3,17H2,1-2H3. The molecule has 6 heteroatoms. The van der Waals surface area contributed by atoms with Gasteiger partial charge in [-0.25, -0.2) is 14.8 Å². The number of hydrogen-bond acceptors (Lipinski definition) is 6. The van der Waals surface area contributed by atoms with E-state index in [2.05, 4.69) is 9.97 Å². The molecule has 0 unspecified atom stereocenters. The molecule has 1 aromatic carbocycles. The minimum Gasteiger partial charge on any atom is -0.462 e. The topological polar surface area (TPSA) is 78.1 Å². The van der Waals surface area contributed by atoms with Gasteiger partial charge < -0.3 is 10.5 Å². The Kier molecular flexibility index (Phi) is 3.77. The van der Waals surface area contributed by atoms with Crippen molar-refractivity contribution in [3.05, 3.63) is 40.9 Å². The molecule has 2 aromatic heterocycles. The van der Waals surface area contributed by atoms with Crippen molar-refractivity contribution in [2.75, 3.05) is 12.3 Å². The normalized spacial score (nSPS) is 10.8. The zero-order chi connectivity index (χ0) is 15.7. The molecule has 3 aromatic rings. The number of thiophene rings is 1. The Labute approximate surface area is 131 Å². The lowest BCUT2D eigenvalue weighted by Gasteiger charge is -2.03. The van der Waals surface area contributed by atoms with Crippen molar-refractivity contribution in [1.82, 2.24) is 9.97 Å². The number of nitrogens with two attached hydrogens (primary N) is 1. The van der Waals surface area contributed by atoms with E-state index in [-0.39, 0.29) is 0 Å². The van der Waals surface area contributed by atoms with E-state index in [0.29, 0.717) is 27.8 Å². The molecule has 0 bridgehead atoms. The monoisotopic (exact) mass is 313 g/mol. The molecule has 0 radical (unpaired) electrons. The first-order valence-electron chi connectivity index (χ1n) is 6.91. The van der Waals surface area contributed by atoms with Crippen LogP contribution in [0.2, 0.25) is 0 Å². The van der Waals surface area contributed by atoms with Crippen molar-refractivity contribution in [3.8, 4) is 11.4 Å². The Morgan fingerprint density at radius 3 is 2.68 bits per heavy atom. The van der Waals surface area contributed by atoms with Gasteiger partial charge in [0.15, 0.2) is 5.82 Å². The number of esters is 1. The molecule has 0 aliphatic carbocycles. The van der Waals surface area contributed by atoms with Gasteiger partial charge >= 0.3 is 5.97 Å². The Hall–Kier alpha value is -2.47. The molecular formula is C16H15N3O2S. The maximum absolute atomic E-state index is 12.0. The van der Waals surface area contributed by atoms with Gasteiger partial charge in [-0.1, -0.05) is 30.3 Å². The van der Waals surface area contributed by atoms with Crippen molar-refractivity contribution in [2.45, 2.75) is 13.8 Å². The van der Waals surface area contributed by atoms with E-state index < -0.39 is 5.97 Å². The number of nitrogen functional groups attached to an aromatic ring is 1. The number of rotatable bonds is 3. The van der Waals surface area contributed by atoms with E-state index in [9.17, 15) is 4.79 Å². The van der Waals surface area contributed by atoms with Gasteiger partial charge in [0.05, 0.1) is 23.4 Å². The fraction of sp³-hybridized carbons (Fsp3) is 0.188. The molecule has 3 rings (SSSR count). The summed E-state index contributed by atoms with van der Waals surface area (Å²) in [6.07, 6.45) is 0. The van der Waals surface area contributed by atoms with Crippen molar-refractivity contribution >= 4 is 33.2 Å². The van der Waals surface area contributed by atoms with Crippen LogP contribution in [0, 0.1) is 6.92 Å². The summed E-state index contributed by atoms with van der Waals surface area (Å²) in [5.74, 6) is 0.214. The number of carbonyl (C=O) groups is 1. The number of aromatic nitrogens is 2. The van der Waals surface area contributed by atoms with Gasteiger partial charge in [0.25, 0.3) is 0 Å². The summed E-state index contributed by atoms with van der Waals surface area (Å²) in [4.78, 5) is 22.1. The number of benzene rings is 1. The number of hydrogen-bond donors (Lipinski definition) is 1. The number of fused-ring (bicyclic) bond motifs is 1. The molecule has 0 spiro atoms. The molecule has 0 saturated heterocycles. The van der Waals surface area contributed by atoms with Crippen LogP contribution >= 0.6 is 11.3 Å². The maximum atomic E-state index is 12.0. The third-order valence-electron chi connectivity index (χ3n) is 3.26. The molecule has 22 heavy (non-hydrogen) atoms. The quantitative estimate of drug-likeness (QED) is 0.750. The zero-order valence-electron chi connectivity index (χ0n) is 12.3. The fourth-order valence-corrected chi connectivity index (χ4v) is 3.30. The highest BCUT2D eigenvalue weighted by atomic mass is 32.1. The van der Waals surface area contributed by atoms with E-state index in [4.69, 9.17) is 10.5 Å². The molecule has 2 heterocycles. The average molecular weight is 313 g/mol. The number of ether oxygens (including phenoxy) is 1. The van der Waals surface area contributed by atoms with E-state index in [1.54, 1.807) is 6.92 Å². The average Bonchev–Trinajstić information content (AvgIpc) is 2.86. The van der Waals surface area contributed by atoms with Crippen LogP contribution in [0.25, 0.3) is 21.6 Å². The first kappa shape index (κ1) is 14.5. The number of anilines is 1. The predicted octanol–water partition coefficient (Wildman–Crippen LogP) is 3.43. The zero-order valence-corrected chi connectivity index (χ0v) is 13.1. The summed E-state index contributed by atoms with van der Waals surface area (Å²) in [6.45, 7) is 3.95. The summed E-state index contributed by atoms with van der Waals surface area (Å²) < 4.78 is 5.04. The molecule has 0 amide bonds. The summed E-state index contributed by atoms with van der Waals surface area (Å²) in [6, 6.07) is 9.71. The summed E-state index contributed by atoms with van der Waals surface area (Å²) in [5.41, 5.74) is 8.17. The van der Waals surface area contributed by atoms with Crippen LogP contribution in [0.4, 0.5) is 5.69 Å². The van der Waals surface area contributed by atoms with E-state index in [1.165, 1.54) is 11.3 Å². The second-order valence-corrected chi connectivity index (χ2v) is 5.74. The van der Waals surface area contributed by atoms with Crippen LogP contribution in [0.3, 0.4) is 0 Å². The van der Waals surface area contributed by atoms with Gasteiger partial charge in [0.2, 0.25) is 0 Å². The van der Waals surface area contributed by atoms with Gasteiger partial charge in [-0.3, -0.25) is 0 Å². The van der Waals surface area contributed by atoms with Crippen LogP contribution in [0.15, 0.2) is 30.3 Å². The molecule has 112 valence electrons. The lowest BCUT2D eigenvalue weighted by atomic mass is 10.2. The maximum Gasteiger partial charge on any atom is 0.350 e. The molecule has 0 fully saturated rings. The fourth-order valence-electron chi connectivity index (χ4n) is 2.26. The molecule has 0 atom stereocenters. The van der Waals surface area contributed by atoms with E-state index >= 15 is 0 Å². The molecule has 0 saturated carbocycles. The first-order chi connectivity index (χ1) is 10.6. The third-order valence-corrected chi connectivity index (χ3v) is 4.34. The SMILES string of the molecule is CCOC(=O)c1sc2nc(-c3ccccc3)nc(C)c2c1N. The van der Waals surface area contributed by atoms with Crippen LogP contribution in [0.5, 0.6) is 0 Å². The van der Waals surface area contributed by atoms with Crippen molar-refractivity contribution in [2.24, 2.45) is 0 Å². The van der Waals surface area contributed by atoms with Gasteiger partial charge in [-0.05, 0) is 13.8 Å². The van der Waals surface area contributed by atoms with Gasteiger partial charge in [-0.15, -0.1) is 11.3 Å². The van der Waals surface area contributed by atoms with Gasteiger partial charge in [-0.2, -0.15) is 0 Å². The molecular weight excluding hydrogens is 298 g/mol.